The summed E-state index contributed by atoms with van der Waals surface area (Å²) in [7, 11) is 0. The summed E-state index contributed by atoms with van der Waals surface area (Å²) in [6, 6.07) is 10.4. The first-order chi connectivity index (χ1) is 10.1. The van der Waals surface area contributed by atoms with Crippen LogP contribution in [0.5, 0.6) is 11.5 Å². The standard InChI is InChI=1S/C16H15ClFNO2/c1-10(12-4-2-3-5-14(12)18)19-8-11-6-13(17)16-15(7-11)20-9-21-16/h2-7,10,19H,8-9H2,1H3/t10-/m1/s1. The van der Waals surface area contributed by atoms with Crippen LogP contribution >= 0.6 is 11.6 Å². The first-order valence-electron chi connectivity index (χ1n) is 6.71. The molecule has 110 valence electrons. The first-order valence-corrected chi connectivity index (χ1v) is 7.09. The van der Waals surface area contributed by atoms with Crippen molar-refractivity contribution in [3.8, 4) is 11.5 Å². The van der Waals surface area contributed by atoms with E-state index in [9.17, 15) is 4.39 Å². The van der Waals surface area contributed by atoms with Crippen LogP contribution in [0.25, 0.3) is 0 Å². The van der Waals surface area contributed by atoms with Crippen LogP contribution in [0.3, 0.4) is 0 Å². The van der Waals surface area contributed by atoms with E-state index in [0.29, 0.717) is 28.6 Å². The maximum Gasteiger partial charge on any atom is 0.231 e. The van der Waals surface area contributed by atoms with Gasteiger partial charge in [-0.1, -0.05) is 29.8 Å². The van der Waals surface area contributed by atoms with Gasteiger partial charge in [0, 0.05) is 18.2 Å². The Morgan fingerprint density at radius 1 is 1.29 bits per heavy atom. The van der Waals surface area contributed by atoms with Gasteiger partial charge in [0.1, 0.15) is 5.82 Å². The molecule has 0 fully saturated rings. The number of rotatable bonds is 4. The Kier molecular flexibility index (Phi) is 3.99. The van der Waals surface area contributed by atoms with Gasteiger partial charge in [0.25, 0.3) is 0 Å². The lowest BCUT2D eigenvalue weighted by Gasteiger charge is -2.15. The lowest BCUT2D eigenvalue weighted by Crippen LogP contribution is -2.19. The second-order valence-corrected chi connectivity index (χ2v) is 5.34. The molecule has 21 heavy (non-hydrogen) atoms. The second kappa shape index (κ2) is 5.92. The fourth-order valence-corrected chi connectivity index (χ4v) is 2.62. The van der Waals surface area contributed by atoms with E-state index in [0.717, 1.165) is 5.56 Å². The predicted octanol–water partition coefficient (Wildman–Crippen LogP) is 4.06. The van der Waals surface area contributed by atoms with Crippen molar-refractivity contribution in [2.75, 3.05) is 6.79 Å². The molecule has 2 aromatic rings. The minimum Gasteiger partial charge on any atom is -0.454 e. The zero-order valence-corrected chi connectivity index (χ0v) is 12.3. The summed E-state index contributed by atoms with van der Waals surface area (Å²) >= 11 is 6.14. The van der Waals surface area contributed by atoms with E-state index in [2.05, 4.69) is 5.32 Å². The summed E-state index contributed by atoms with van der Waals surface area (Å²) in [4.78, 5) is 0. The Morgan fingerprint density at radius 3 is 2.90 bits per heavy atom. The van der Waals surface area contributed by atoms with Gasteiger partial charge in [0.05, 0.1) is 5.02 Å². The molecule has 1 aliphatic heterocycles. The summed E-state index contributed by atoms with van der Waals surface area (Å²) in [6.45, 7) is 2.68. The van der Waals surface area contributed by atoms with E-state index >= 15 is 0 Å². The fourth-order valence-electron chi connectivity index (χ4n) is 2.33. The maximum atomic E-state index is 13.7. The molecule has 0 saturated carbocycles. The molecule has 0 amide bonds. The molecule has 0 unspecified atom stereocenters. The summed E-state index contributed by atoms with van der Waals surface area (Å²) in [5.41, 5.74) is 1.61. The Morgan fingerprint density at radius 2 is 2.10 bits per heavy atom. The Balaban J connectivity index is 1.71. The molecule has 2 aromatic carbocycles. The van der Waals surface area contributed by atoms with Gasteiger partial charge in [-0.3, -0.25) is 0 Å². The van der Waals surface area contributed by atoms with Crippen molar-refractivity contribution in [2.45, 2.75) is 19.5 Å². The highest BCUT2D eigenvalue weighted by Gasteiger charge is 2.18. The van der Waals surface area contributed by atoms with Crippen molar-refractivity contribution in [1.29, 1.82) is 0 Å². The van der Waals surface area contributed by atoms with Gasteiger partial charge < -0.3 is 14.8 Å². The quantitative estimate of drug-likeness (QED) is 0.924. The molecular weight excluding hydrogens is 293 g/mol. The number of nitrogens with one attached hydrogen (secondary N) is 1. The number of benzene rings is 2. The van der Waals surface area contributed by atoms with Gasteiger partial charge in [-0.15, -0.1) is 0 Å². The Bertz CT molecular complexity index is 663. The highest BCUT2D eigenvalue weighted by Crippen LogP contribution is 2.39. The van der Waals surface area contributed by atoms with Crippen LogP contribution in [0.15, 0.2) is 36.4 Å². The van der Waals surface area contributed by atoms with Crippen LogP contribution in [0.4, 0.5) is 4.39 Å². The molecule has 0 radical (unpaired) electrons. The van der Waals surface area contributed by atoms with E-state index in [4.69, 9.17) is 21.1 Å². The van der Waals surface area contributed by atoms with Gasteiger partial charge in [0.15, 0.2) is 11.5 Å². The SMILES string of the molecule is C[C@@H](NCc1cc(Cl)c2c(c1)OCO2)c1ccccc1F. The van der Waals surface area contributed by atoms with Gasteiger partial charge in [-0.2, -0.15) is 0 Å². The normalized spacial score (nSPS) is 14.2. The van der Waals surface area contributed by atoms with E-state index < -0.39 is 0 Å². The van der Waals surface area contributed by atoms with Gasteiger partial charge in [-0.05, 0) is 30.7 Å². The molecule has 1 heterocycles. The monoisotopic (exact) mass is 307 g/mol. The van der Waals surface area contributed by atoms with E-state index in [-0.39, 0.29) is 18.7 Å². The van der Waals surface area contributed by atoms with Crippen molar-refractivity contribution < 1.29 is 13.9 Å². The third kappa shape index (κ3) is 2.96. The largest absolute Gasteiger partial charge is 0.454 e. The Hall–Kier alpha value is -1.78. The van der Waals surface area contributed by atoms with E-state index in [1.807, 2.05) is 25.1 Å². The van der Waals surface area contributed by atoms with Crippen molar-refractivity contribution >= 4 is 11.6 Å². The predicted molar refractivity (Wildman–Crippen MR) is 79.2 cm³/mol. The molecule has 0 aliphatic carbocycles. The van der Waals surface area contributed by atoms with Crippen LogP contribution in [-0.2, 0) is 6.54 Å². The summed E-state index contributed by atoms with van der Waals surface area (Å²) in [6.07, 6.45) is 0. The van der Waals surface area contributed by atoms with Crippen molar-refractivity contribution in [1.82, 2.24) is 5.32 Å². The van der Waals surface area contributed by atoms with Gasteiger partial charge in [0.2, 0.25) is 6.79 Å². The first kappa shape index (κ1) is 14.2. The molecule has 3 rings (SSSR count). The summed E-state index contributed by atoms with van der Waals surface area (Å²) in [5, 5.41) is 3.81. The number of halogens is 2. The number of hydrogen-bond donors (Lipinski definition) is 1. The number of ether oxygens (including phenoxy) is 2. The van der Waals surface area contributed by atoms with Crippen LogP contribution < -0.4 is 14.8 Å². The van der Waals surface area contributed by atoms with Crippen LogP contribution in [0.2, 0.25) is 5.02 Å². The second-order valence-electron chi connectivity index (χ2n) is 4.94. The highest BCUT2D eigenvalue weighted by atomic mass is 35.5. The minimum atomic E-state index is -0.207. The van der Waals surface area contributed by atoms with Crippen molar-refractivity contribution in [3.05, 3.63) is 58.4 Å². The lowest BCUT2D eigenvalue weighted by atomic mass is 10.1. The molecule has 0 spiro atoms. The molecule has 0 aromatic heterocycles. The molecule has 5 heteroatoms. The number of hydrogen-bond acceptors (Lipinski definition) is 3. The fraction of sp³-hybridized carbons (Fsp3) is 0.250. The molecule has 1 N–H and O–H groups in total. The smallest absolute Gasteiger partial charge is 0.231 e. The van der Waals surface area contributed by atoms with Gasteiger partial charge >= 0.3 is 0 Å². The van der Waals surface area contributed by atoms with Gasteiger partial charge in [-0.25, -0.2) is 4.39 Å². The minimum absolute atomic E-state index is 0.101. The average molecular weight is 308 g/mol. The Labute approximate surface area is 127 Å². The third-order valence-electron chi connectivity index (χ3n) is 3.47. The van der Waals surface area contributed by atoms with Crippen molar-refractivity contribution in [2.24, 2.45) is 0 Å². The zero-order valence-electron chi connectivity index (χ0n) is 11.5. The van der Waals surface area contributed by atoms with E-state index in [1.165, 1.54) is 6.07 Å². The van der Waals surface area contributed by atoms with Crippen molar-refractivity contribution in [3.63, 3.8) is 0 Å². The number of fused-ring (bicyclic) bond motifs is 1. The third-order valence-corrected chi connectivity index (χ3v) is 3.75. The molecule has 0 bridgehead atoms. The molecule has 0 saturated heterocycles. The van der Waals surface area contributed by atoms with E-state index in [1.54, 1.807) is 12.1 Å². The molecule has 3 nitrogen and oxygen atoms in total. The summed E-state index contributed by atoms with van der Waals surface area (Å²) in [5.74, 6) is 1.03. The van der Waals surface area contributed by atoms with Crippen LogP contribution in [0, 0.1) is 5.82 Å². The highest BCUT2D eigenvalue weighted by molar-refractivity contribution is 6.32. The summed E-state index contributed by atoms with van der Waals surface area (Å²) < 4.78 is 24.3. The zero-order chi connectivity index (χ0) is 14.8. The average Bonchev–Trinajstić information content (AvgIpc) is 2.94. The van der Waals surface area contributed by atoms with Crippen LogP contribution in [0.1, 0.15) is 24.1 Å². The molecular formula is C16H15ClFNO2. The molecule has 1 aliphatic rings. The topological polar surface area (TPSA) is 30.5 Å². The maximum absolute atomic E-state index is 13.7. The lowest BCUT2D eigenvalue weighted by molar-refractivity contribution is 0.174. The molecule has 1 atom stereocenters. The van der Waals surface area contributed by atoms with Crippen LogP contribution in [-0.4, -0.2) is 6.79 Å².